The van der Waals surface area contributed by atoms with Crippen molar-refractivity contribution in [3.63, 3.8) is 0 Å². The molecule has 4 N–H and O–H groups in total. The molecule has 0 saturated carbocycles. The highest BCUT2D eigenvalue weighted by atomic mass is 16.5. The largest absolute Gasteiger partial charge is 0.479 e. The third-order valence-electron chi connectivity index (χ3n) is 1.86. The van der Waals surface area contributed by atoms with Crippen molar-refractivity contribution in [2.75, 3.05) is 33.4 Å². The number of nitrogens with one attached hydrogen (secondary N) is 2. The Morgan fingerprint density at radius 2 is 2.06 bits per heavy atom. The van der Waals surface area contributed by atoms with Gasteiger partial charge in [-0.15, -0.1) is 0 Å². The van der Waals surface area contributed by atoms with E-state index in [9.17, 15) is 14.7 Å². The number of carboxylic acid groups (broad SMARTS) is 1. The lowest BCUT2D eigenvalue weighted by Crippen LogP contribution is -2.48. The number of aliphatic carboxylic acids is 1. The number of carboxylic acids is 1. The van der Waals surface area contributed by atoms with E-state index in [2.05, 4.69) is 10.6 Å². The number of methoxy groups -OCH3 is 1. The Hall–Kier alpha value is -1.18. The molecule has 0 aromatic heterocycles. The van der Waals surface area contributed by atoms with Gasteiger partial charge in [-0.1, -0.05) is 0 Å². The number of aliphatic hydroxyl groups is 1. The quantitative estimate of drug-likeness (QED) is 0.368. The first-order valence-electron chi connectivity index (χ1n) is 4.82. The number of hydrogen-bond donors (Lipinski definition) is 4. The first kappa shape index (κ1) is 14.8. The van der Waals surface area contributed by atoms with Gasteiger partial charge in [-0.25, -0.2) is 4.79 Å². The van der Waals surface area contributed by atoms with Crippen molar-refractivity contribution in [1.29, 1.82) is 0 Å². The molecule has 0 spiro atoms. The van der Waals surface area contributed by atoms with Gasteiger partial charge in [0.25, 0.3) is 0 Å². The maximum Gasteiger partial charge on any atom is 0.337 e. The minimum absolute atomic E-state index is 0.0546. The Labute approximate surface area is 93.8 Å². The molecule has 0 aromatic carbocycles. The van der Waals surface area contributed by atoms with Gasteiger partial charge in [-0.05, 0) is 6.92 Å². The molecule has 0 aliphatic heterocycles. The summed E-state index contributed by atoms with van der Waals surface area (Å²) in [6.07, 6.45) is 0. The van der Waals surface area contributed by atoms with E-state index in [-0.39, 0.29) is 19.0 Å². The van der Waals surface area contributed by atoms with E-state index in [1.165, 1.54) is 0 Å². The van der Waals surface area contributed by atoms with Gasteiger partial charge in [0.1, 0.15) is 0 Å². The molecule has 0 fully saturated rings. The summed E-state index contributed by atoms with van der Waals surface area (Å²) in [5.74, 6) is -1.75. The van der Waals surface area contributed by atoms with E-state index >= 15 is 0 Å². The number of carbonyl (C=O) groups is 2. The maximum atomic E-state index is 11.2. The van der Waals surface area contributed by atoms with E-state index in [1.54, 1.807) is 7.11 Å². The smallest absolute Gasteiger partial charge is 0.337 e. The molecular formula is C9H18N2O5. The molecule has 0 aromatic rings. The number of hydrogen-bond acceptors (Lipinski definition) is 5. The van der Waals surface area contributed by atoms with Crippen LogP contribution in [-0.2, 0) is 14.3 Å². The molecule has 94 valence electrons. The molecule has 0 radical (unpaired) electrons. The number of amides is 1. The predicted molar refractivity (Wildman–Crippen MR) is 56.0 cm³/mol. The summed E-state index contributed by atoms with van der Waals surface area (Å²) >= 11 is 0. The zero-order valence-electron chi connectivity index (χ0n) is 9.45. The molecular weight excluding hydrogens is 216 g/mol. The average molecular weight is 234 g/mol. The fourth-order valence-electron chi connectivity index (χ4n) is 0.785. The topological polar surface area (TPSA) is 108 Å². The summed E-state index contributed by atoms with van der Waals surface area (Å²) in [7, 11) is 1.55. The normalized spacial score (nSPS) is 14.2. The average Bonchev–Trinajstić information content (AvgIpc) is 2.21. The minimum Gasteiger partial charge on any atom is -0.479 e. The number of ether oxygens (including phenoxy) is 1. The summed E-state index contributed by atoms with van der Waals surface area (Å²) < 4.78 is 4.76. The molecule has 1 unspecified atom stereocenters. The summed E-state index contributed by atoms with van der Waals surface area (Å²) in [4.78, 5) is 21.7. The molecule has 7 nitrogen and oxygen atoms in total. The first-order valence-corrected chi connectivity index (χ1v) is 4.82. The third-order valence-corrected chi connectivity index (χ3v) is 1.86. The van der Waals surface area contributed by atoms with Crippen molar-refractivity contribution in [2.45, 2.75) is 12.5 Å². The van der Waals surface area contributed by atoms with Crippen LogP contribution in [0.2, 0.25) is 0 Å². The molecule has 0 heterocycles. The van der Waals surface area contributed by atoms with Gasteiger partial charge in [0, 0.05) is 13.7 Å². The van der Waals surface area contributed by atoms with Crippen LogP contribution in [0, 0.1) is 0 Å². The van der Waals surface area contributed by atoms with Gasteiger partial charge in [0.05, 0.1) is 19.7 Å². The molecule has 7 heteroatoms. The van der Waals surface area contributed by atoms with E-state index in [0.717, 1.165) is 6.92 Å². The highest BCUT2D eigenvalue weighted by molar-refractivity contribution is 5.81. The molecule has 1 atom stereocenters. The van der Waals surface area contributed by atoms with Crippen LogP contribution in [-0.4, -0.2) is 61.0 Å². The van der Waals surface area contributed by atoms with Gasteiger partial charge in [0.2, 0.25) is 5.91 Å². The van der Waals surface area contributed by atoms with Gasteiger partial charge >= 0.3 is 5.97 Å². The summed E-state index contributed by atoms with van der Waals surface area (Å²) in [6, 6.07) is 0. The van der Waals surface area contributed by atoms with Crippen LogP contribution < -0.4 is 10.6 Å². The van der Waals surface area contributed by atoms with E-state index < -0.39 is 11.6 Å². The van der Waals surface area contributed by atoms with E-state index in [1.807, 2.05) is 0 Å². The highest BCUT2D eigenvalue weighted by Gasteiger charge is 2.29. The van der Waals surface area contributed by atoms with Crippen molar-refractivity contribution in [2.24, 2.45) is 0 Å². The van der Waals surface area contributed by atoms with Crippen molar-refractivity contribution in [3.05, 3.63) is 0 Å². The Kier molecular flexibility index (Phi) is 6.63. The van der Waals surface area contributed by atoms with Crippen LogP contribution in [0.25, 0.3) is 0 Å². The van der Waals surface area contributed by atoms with Crippen LogP contribution in [0.4, 0.5) is 0 Å². The van der Waals surface area contributed by atoms with Crippen molar-refractivity contribution in [3.8, 4) is 0 Å². The monoisotopic (exact) mass is 234 g/mol. The van der Waals surface area contributed by atoms with Crippen LogP contribution in [0.15, 0.2) is 0 Å². The second kappa shape index (κ2) is 7.15. The van der Waals surface area contributed by atoms with Crippen LogP contribution in [0.5, 0.6) is 0 Å². The van der Waals surface area contributed by atoms with E-state index in [4.69, 9.17) is 9.84 Å². The molecule has 0 saturated heterocycles. The zero-order valence-corrected chi connectivity index (χ0v) is 9.45. The number of rotatable bonds is 8. The van der Waals surface area contributed by atoms with Crippen molar-refractivity contribution < 1.29 is 24.5 Å². The minimum atomic E-state index is -1.94. The van der Waals surface area contributed by atoms with Gasteiger partial charge in [-0.2, -0.15) is 0 Å². The standard InChI is InChI=1S/C9H18N2O5/c1-9(15,8(13)14)6-11-7(12)5-10-3-4-16-2/h10,15H,3-6H2,1-2H3,(H,11,12)(H,13,14). The fourth-order valence-corrected chi connectivity index (χ4v) is 0.785. The molecule has 0 rings (SSSR count). The summed E-state index contributed by atoms with van der Waals surface area (Å²) in [6.45, 7) is 1.86. The predicted octanol–water partition coefficient (Wildman–Crippen LogP) is -1.83. The molecule has 0 aliphatic carbocycles. The molecule has 16 heavy (non-hydrogen) atoms. The second-order valence-corrected chi connectivity index (χ2v) is 3.53. The van der Waals surface area contributed by atoms with Crippen LogP contribution in [0.3, 0.4) is 0 Å². The van der Waals surface area contributed by atoms with Gasteiger partial charge in [0.15, 0.2) is 5.60 Å². The van der Waals surface area contributed by atoms with Gasteiger partial charge < -0.3 is 25.6 Å². The van der Waals surface area contributed by atoms with Crippen molar-refractivity contribution in [1.82, 2.24) is 10.6 Å². The van der Waals surface area contributed by atoms with Crippen LogP contribution >= 0.6 is 0 Å². The third kappa shape index (κ3) is 6.33. The molecule has 0 aliphatic rings. The Balaban J connectivity index is 3.69. The SMILES string of the molecule is COCCNCC(=O)NCC(C)(O)C(=O)O. The lowest BCUT2D eigenvalue weighted by molar-refractivity contribution is -0.156. The molecule has 1 amide bonds. The Bertz CT molecular complexity index is 242. The zero-order chi connectivity index (χ0) is 12.6. The van der Waals surface area contributed by atoms with E-state index in [0.29, 0.717) is 13.2 Å². The van der Waals surface area contributed by atoms with Gasteiger partial charge in [-0.3, -0.25) is 4.79 Å². The Morgan fingerprint density at radius 1 is 1.44 bits per heavy atom. The fraction of sp³-hybridized carbons (Fsp3) is 0.778. The summed E-state index contributed by atoms with van der Waals surface area (Å²) in [5, 5.41) is 23.0. The lowest BCUT2D eigenvalue weighted by Gasteiger charge is -2.18. The lowest BCUT2D eigenvalue weighted by atomic mass is 10.1. The Morgan fingerprint density at radius 3 is 2.56 bits per heavy atom. The van der Waals surface area contributed by atoms with Crippen molar-refractivity contribution >= 4 is 11.9 Å². The molecule has 0 bridgehead atoms. The highest BCUT2D eigenvalue weighted by Crippen LogP contribution is 2.00. The summed E-state index contributed by atoms with van der Waals surface area (Å²) in [5.41, 5.74) is -1.94. The first-order chi connectivity index (χ1) is 7.40. The maximum absolute atomic E-state index is 11.2. The van der Waals surface area contributed by atoms with Crippen LogP contribution in [0.1, 0.15) is 6.92 Å². The second-order valence-electron chi connectivity index (χ2n) is 3.53. The number of carbonyl (C=O) groups excluding carboxylic acids is 1.